The average Bonchev–Trinajstić information content (AvgIpc) is 2.61. The van der Waals surface area contributed by atoms with Crippen LogP contribution in [0.1, 0.15) is 26.7 Å². The highest BCUT2D eigenvalue weighted by atomic mass is 16.6. The number of likely N-dealkylation sites (N-methyl/N-ethyl adjacent to an activating group) is 1. The molecule has 3 N–H and O–H groups in total. The molecular weight excluding hydrogens is 250 g/mol. The lowest BCUT2D eigenvalue weighted by atomic mass is 9.87. The SMILES string of the molecule is C[C@@H]1OCC[C@]2(C)OC(C[C@H](O)[C@H](O)CO)N(C)[C@H]12. The van der Waals surface area contributed by atoms with Crippen molar-refractivity contribution in [1.29, 1.82) is 0 Å². The van der Waals surface area contributed by atoms with E-state index >= 15 is 0 Å². The van der Waals surface area contributed by atoms with Gasteiger partial charge in [-0.05, 0) is 20.9 Å². The second-order valence-corrected chi connectivity index (χ2v) is 5.87. The number of nitrogens with zero attached hydrogens (tertiary/aromatic N) is 1. The molecule has 6 heteroatoms. The molecule has 0 saturated carbocycles. The number of aliphatic hydroxyl groups excluding tert-OH is 3. The maximum absolute atomic E-state index is 9.83. The van der Waals surface area contributed by atoms with Gasteiger partial charge < -0.3 is 24.8 Å². The first-order valence-corrected chi connectivity index (χ1v) is 6.87. The number of fused-ring (bicyclic) bond motifs is 1. The highest BCUT2D eigenvalue weighted by molar-refractivity contribution is 5.03. The van der Waals surface area contributed by atoms with Crippen LogP contribution in [0.3, 0.4) is 0 Å². The number of hydrogen-bond acceptors (Lipinski definition) is 6. The molecule has 6 nitrogen and oxygen atoms in total. The van der Waals surface area contributed by atoms with E-state index in [1.165, 1.54) is 0 Å². The van der Waals surface area contributed by atoms with Crippen LogP contribution in [0.4, 0.5) is 0 Å². The van der Waals surface area contributed by atoms with Crippen molar-refractivity contribution < 1.29 is 24.8 Å². The molecule has 19 heavy (non-hydrogen) atoms. The Kier molecular flexibility index (Phi) is 4.49. The molecule has 112 valence electrons. The van der Waals surface area contributed by atoms with Gasteiger partial charge in [0.2, 0.25) is 0 Å². The third kappa shape index (κ3) is 2.79. The molecule has 2 fully saturated rings. The summed E-state index contributed by atoms with van der Waals surface area (Å²) in [6, 6.07) is 0.143. The third-order valence-electron chi connectivity index (χ3n) is 4.42. The summed E-state index contributed by atoms with van der Waals surface area (Å²) in [5.41, 5.74) is -0.277. The van der Waals surface area contributed by atoms with E-state index in [1.54, 1.807) is 0 Å². The van der Waals surface area contributed by atoms with Crippen molar-refractivity contribution in [2.45, 2.75) is 62.9 Å². The molecule has 0 radical (unpaired) electrons. The average molecular weight is 275 g/mol. The summed E-state index contributed by atoms with van der Waals surface area (Å²) in [5.74, 6) is 0. The predicted octanol–water partition coefficient (Wildman–Crippen LogP) is -0.685. The van der Waals surface area contributed by atoms with Crippen molar-refractivity contribution in [3.63, 3.8) is 0 Å². The molecule has 6 atom stereocenters. The fourth-order valence-electron chi connectivity index (χ4n) is 3.35. The van der Waals surface area contributed by atoms with E-state index in [0.717, 1.165) is 6.42 Å². The summed E-state index contributed by atoms with van der Waals surface area (Å²) in [4.78, 5) is 2.07. The van der Waals surface area contributed by atoms with Gasteiger partial charge in [-0.25, -0.2) is 0 Å². The maximum Gasteiger partial charge on any atom is 0.114 e. The summed E-state index contributed by atoms with van der Waals surface area (Å²) < 4.78 is 11.8. The van der Waals surface area contributed by atoms with Crippen LogP contribution < -0.4 is 0 Å². The molecule has 0 amide bonds. The van der Waals surface area contributed by atoms with Crippen LogP contribution in [0.15, 0.2) is 0 Å². The smallest absolute Gasteiger partial charge is 0.114 e. The summed E-state index contributed by atoms with van der Waals surface area (Å²) in [6.07, 6.45) is -1.21. The highest BCUT2D eigenvalue weighted by Gasteiger charge is 2.53. The molecule has 1 unspecified atom stereocenters. The summed E-state index contributed by atoms with van der Waals surface area (Å²) in [5, 5.41) is 28.1. The summed E-state index contributed by atoms with van der Waals surface area (Å²) in [7, 11) is 1.95. The van der Waals surface area contributed by atoms with Gasteiger partial charge in [0, 0.05) is 19.4 Å². The molecular formula is C13H25NO5. The zero-order valence-electron chi connectivity index (χ0n) is 11.8. The molecule has 0 bridgehead atoms. The Labute approximate surface area is 113 Å². The normalized spacial score (nSPS) is 42.9. The lowest BCUT2D eigenvalue weighted by Gasteiger charge is -2.40. The van der Waals surface area contributed by atoms with Crippen molar-refractivity contribution in [1.82, 2.24) is 4.90 Å². The Morgan fingerprint density at radius 3 is 2.63 bits per heavy atom. The highest BCUT2D eigenvalue weighted by Crippen LogP contribution is 2.40. The van der Waals surface area contributed by atoms with E-state index in [1.807, 2.05) is 14.0 Å². The minimum Gasteiger partial charge on any atom is -0.394 e. The second-order valence-electron chi connectivity index (χ2n) is 5.87. The van der Waals surface area contributed by atoms with Gasteiger partial charge in [-0.2, -0.15) is 0 Å². The number of aliphatic hydroxyl groups is 3. The molecule has 2 rings (SSSR count). The van der Waals surface area contributed by atoms with Crippen molar-refractivity contribution in [3.8, 4) is 0 Å². The number of hydrogen-bond donors (Lipinski definition) is 3. The van der Waals surface area contributed by atoms with E-state index in [0.29, 0.717) is 6.61 Å². The molecule has 2 saturated heterocycles. The van der Waals surface area contributed by atoms with E-state index in [9.17, 15) is 10.2 Å². The van der Waals surface area contributed by atoms with Gasteiger partial charge in [-0.1, -0.05) is 0 Å². The Bertz CT molecular complexity index is 315. The first kappa shape index (κ1) is 15.2. The Morgan fingerprint density at radius 1 is 1.37 bits per heavy atom. The second kappa shape index (κ2) is 5.63. The van der Waals surface area contributed by atoms with Crippen LogP contribution in [-0.2, 0) is 9.47 Å². The Hall–Kier alpha value is -0.240. The van der Waals surface area contributed by atoms with Crippen molar-refractivity contribution >= 4 is 0 Å². The topological polar surface area (TPSA) is 82.4 Å². The maximum atomic E-state index is 9.83. The molecule has 0 aromatic carbocycles. The van der Waals surface area contributed by atoms with Crippen molar-refractivity contribution in [2.24, 2.45) is 0 Å². The van der Waals surface area contributed by atoms with Crippen LogP contribution in [0.5, 0.6) is 0 Å². The molecule has 2 aliphatic heterocycles. The van der Waals surface area contributed by atoms with Crippen LogP contribution in [0.25, 0.3) is 0 Å². The molecule has 0 aliphatic carbocycles. The van der Waals surface area contributed by atoms with Crippen LogP contribution in [0, 0.1) is 0 Å². The lowest BCUT2D eigenvalue weighted by molar-refractivity contribution is -0.120. The Morgan fingerprint density at radius 2 is 2.05 bits per heavy atom. The van der Waals surface area contributed by atoms with E-state index in [-0.39, 0.29) is 30.4 Å². The quantitative estimate of drug-likeness (QED) is 0.630. The van der Waals surface area contributed by atoms with Gasteiger partial charge in [-0.15, -0.1) is 0 Å². The van der Waals surface area contributed by atoms with E-state index < -0.39 is 18.8 Å². The van der Waals surface area contributed by atoms with Gasteiger partial charge in [0.15, 0.2) is 0 Å². The summed E-state index contributed by atoms with van der Waals surface area (Å²) in [6.45, 7) is 4.33. The minimum atomic E-state index is -1.12. The van der Waals surface area contributed by atoms with Crippen LogP contribution in [-0.4, -0.2) is 76.7 Å². The molecule has 0 spiro atoms. The zero-order chi connectivity index (χ0) is 14.2. The van der Waals surface area contributed by atoms with Crippen LogP contribution >= 0.6 is 0 Å². The minimum absolute atomic E-state index is 0.0775. The van der Waals surface area contributed by atoms with E-state index in [2.05, 4.69) is 11.8 Å². The van der Waals surface area contributed by atoms with E-state index in [4.69, 9.17) is 14.6 Å². The van der Waals surface area contributed by atoms with Gasteiger partial charge >= 0.3 is 0 Å². The van der Waals surface area contributed by atoms with Gasteiger partial charge in [-0.3, -0.25) is 4.90 Å². The standard InChI is InChI=1S/C13H25NO5/c1-8-12-13(2,4-5-18-8)19-11(14(12)3)6-9(16)10(17)7-15/h8-12,15-17H,4-7H2,1-3H3/t8-,9-,10+,11?,12+,13-/m0/s1. The first-order valence-electron chi connectivity index (χ1n) is 6.87. The van der Waals surface area contributed by atoms with Gasteiger partial charge in [0.05, 0.1) is 30.5 Å². The van der Waals surface area contributed by atoms with Crippen LogP contribution in [0.2, 0.25) is 0 Å². The Balaban J connectivity index is 2.05. The zero-order valence-corrected chi connectivity index (χ0v) is 11.8. The number of rotatable bonds is 4. The first-order chi connectivity index (χ1) is 8.89. The molecule has 2 aliphatic rings. The molecule has 2 heterocycles. The van der Waals surface area contributed by atoms with Crippen molar-refractivity contribution in [2.75, 3.05) is 20.3 Å². The largest absolute Gasteiger partial charge is 0.394 e. The van der Waals surface area contributed by atoms with Gasteiger partial charge in [0.1, 0.15) is 12.3 Å². The van der Waals surface area contributed by atoms with Gasteiger partial charge in [0.25, 0.3) is 0 Å². The lowest BCUT2D eigenvalue weighted by Crippen LogP contribution is -2.54. The molecule has 0 aromatic rings. The third-order valence-corrected chi connectivity index (χ3v) is 4.42. The van der Waals surface area contributed by atoms with Crippen molar-refractivity contribution in [3.05, 3.63) is 0 Å². The predicted molar refractivity (Wildman–Crippen MR) is 68.6 cm³/mol. The fraction of sp³-hybridized carbons (Fsp3) is 1.00. The monoisotopic (exact) mass is 275 g/mol. The fourth-order valence-corrected chi connectivity index (χ4v) is 3.35. The number of ether oxygens (including phenoxy) is 2. The summed E-state index contributed by atoms with van der Waals surface area (Å²) >= 11 is 0. The molecule has 0 aromatic heterocycles.